The molecule has 0 radical (unpaired) electrons. The van der Waals surface area contributed by atoms with Crippen LogP contribution in [-0.2, 0) is 18.9 Å². The van der Waals surface area contributed by atoms with Crippen molar-refractivity contribution in [3.63, 3.8) is 0 Å². The first-order valence-electron chi connectivity index (χ1n) is 7.00. The minimum absolute atomic E-state index is 0. The second-order valence-corrected chi connectivity index (χ2v) is 5.76. The Bertz CT molecular complexity index is 427. The molecule has 3 aliphatic heterocycles. The van der Waals surface area contributed by atoms with Crippen LogP contribution in [0.1, 0.15) is 6.42 Å². The standard InChI is InChI=1S/C12H20O10.ClH/c13-2-6-8(16)5(15)1-12(21-6)19-4-11(22-12)10(18)9(17)7(3-14)20-11;/h5-10,13-18H,1-4H2;1H/t5-,6-,7-,8+,9-,10+,11?,12+;/m1./s1. The molecule has 8 atom stereocenters. The van der Waals surface area contributed by atoms with Gasteiger partial charge in [-0.05, 0) is 0 Å². The third-order valence-electron chi connectivity index (χ3n) is 4.25. The minimum atomic E-state index is -1.82. The molecule has 0 amide bonds. The monoisotopic (exact) mass is 360 g/mol. The van der Waals surface area contributed by atoms with Crippen molar-refractivity contribution in [2.24, 2.45) is 0 Å². The third-order valence-corrected chi connectivity index (χ3v) is 4.25. The molecule has 2 spiro atoms. The molecule has 3 rings (SSSR count). The van der Waals surface area contributed by atoms with E-state index in [1.165, 1.54) is 0 Å². The van der Waals surface area contributed by atoms with Crippen LogP contribution in [0, 0.1) is 0 Å². The molecular weight excluding hydrogens is 340 g/mol. The van der Waals surface area contributed by atoms with Gasteiger partial charge in [0.2, 0.25) is 5.79 Å². The first kappa shape index (κ1) is 19.2. The van der Waals surface area contributed by atoms with Gasteiger partial charge in [-0.1, -0.05) is 0 Å². The van der Waals surface area contributed by atoms with Gasteiger partial charge >= 0.3 is 0 Å². The lowest BCUT2D eigenvalue weighted by molar-refractivity contribution is -0.422. The van der Waals surface area contributed by atoms with Gasteiger partial charge in [-0.3, -0.25) is 4.74 Å². The van der Waals surface area contributed by atoms with Crippen LogP contribution in [0.4, 0.5) is 0 Å². The number of hydrogen-bond donors (Lipinski definition) is 6. The number of ether oxygens (including phenoxy) is 4. The fourth-order valence-corrected chi connectivity index (χ4v) is 3.02. The fraction of sp³-hybridized carbons (Fsp3) is 1.00. The van der Waals surface area contributed by atoms with E-state index in [0.717, 1.165) is 0 Å². The van der Waals surface area contributed by atoms with E-state index in [9.17, 15) is 25.5 Å². The number of aliphatic hydroxyl groups is 6. The lowest BCUT2D eigenvalue weighted by atomic mass is 10.0. The van der Waals surface area contributed by atoms with Crippen molar-refractivity contribution in [3.05, 3.63) is 0 Å². The summed E-state index contributed by atoms with van der Waals surface area (Å²) >= 11 is 0. The van der Waals surface area contributed by atoms with Crippen molar-refractivity contribution in [3.8, 4) is 0 Å². The predicted octanol–water partition coefficient (Wildman–Crippen LogP) is -3.58. The minimum Gasteiger partial charge on any atom is -0.394 e. The van der Waals surface area contributed by atoms with Crippen molar-refractivity contribution in [1.82, 2.24) is 0 Å². The second-order valence-electron chi connectivity index (χ2n) is 5.76. The summed E-state index contributed by atoms with van der Waals surface area (Å²) in [5.41, 5.74) is 0. The van der Waals surface area contributed by atoms with E-state index in [1.807, 2.05) is 0 Å². The molecule has 3 saturated heterocycles. The largest absolute Gasteiger partial charge is 0.394 e. The van der Waals surface area contributed by atoms with Crippen molar-refractivity contribution < 1.29 is 49.6 Å². The third kappa shape index (κ3) is 2.98. The molecule has 3 heterocycles. The van der Waals surface area contributed by atoms with E-state index in [-0.39, 0.29) is 25.4 Å². The Morgan fingerprint density at radius 1 is 0.913 bits per heavy atom. The average molecular weight is 361 g/mol. The van der Waals surface area contributed by atoms with E-state index in [2.05, 4.69) is 0 Å². The Morgan fingerprint density at radius 3 is 2.09 bits per heavy atom. The Labute approximate surface area is 137 Å². The van der Waals surface area contributed by atoms with Gasteiger partial charge in [0.1, 0.15) is 37.1 Å². The van der Waals surface area contributed by atoms with Gasteiger partial charge in [0.25, 0.3) is 5.97 Å². The molecular formula is C12H21ClO10. The van der Waals surface area contributed by atoms with Gasteiger partial charge < -0.3 is 44.8 Å². The van der Waals surface area contributed by atoms with Crippen LogP contribution in [-0.4, -0.2) is 98.8 Å². The zero-order chi connectivity index (χ0) is 16.1. The lowest BCUT2D eigenvalue weighted by Crippen LogP contribution is -2.58. The lowest BCUT2D eigenvalue weighted by Gasteiger charge is -2.41. The number of halogens is 1. The maximum atomic E-state index is 10.1. The molecule has 3 aliphatic rings. The Kier molecular flexibility index (Phi) is 5.56. The van der Waals surface area contributed by atoms with Crippen molar-refractivity contribution in [2.45, 2.75) is 54.8 Å². The maximum Gasteiger partial charge on any atom is 0.288 e. The summed E-state index contributed by atoms with van der Waals surface area (Å²) in [6.45, 7) is -1.43. The van der Waals surface area contributed by atoms with Gasteiger partial charge in [-0.2, -0.15) is 0 Å². The summed E-state index contributed by atoms with van der Waals surface area (Å²) in [5, 5.41) is 57.8. The van der Waals surface area contributed by atoms with Crippen LogP contribution in [0.3, 0.4) is 0 Å². The molecule has 1 unspecified atom stereocenters. The van der Waals surface area contributed by atoms with E-state index < -0.39 is 61.6 Å². The summed E-state index contributed by atoms with van der Waals surface area (Å²) in [5.74, 6) is -3.58. The molecule has 23 heavy (non-hydrogen) atoms. The topological polar surface area (TPSA) is 158 Å². The van der Waals surface area contributed by atoms with E-state index >= 15 is 0 Å². The number of aliphatic hydroxyl groups excluding tert-OH is 6. The molecule has 0 aliphatic carbocycles. The van der Waals surface area contributed by atoms with E-state index in [4.69, 9.17) is 24.1 Å². The Hall–Kier alpha value is -0.110. The van der Waals surface area contributed by atoms with Crippen LogP contribution in [0.5, 0.6) is 0 Å². The van der Waals surface area contributed by atoms with Gasteiger partial charge in [0.05, 0.1) is 25.7 Å². The zero-order valence-corrected chi connectivity index (χ0v) is 12.8. The van der Waals surface area contributed by atoms with Crippen LogP contribution in [0.2, 0.25) is 0 Å². The predicted molar refractivity (Wildman–Crippen MR) is 72.3 cm³/mol. The van der Waals surface area contributed by atoms with Crippen molar-refractivity contribution in [1.29, 1.82) is 0 Å². The molecule has 11 heteroatoms. The highest BCUT2D eigenvalue weighted by Gasteiger charge is 2.66. The quantitative estimate of drug-likeness (QED) is 0.291. The van der Waals surface area contributed by atoms with Crippen LogP contribution in [0.25, 0.3) is 0 Å². The first-order valence-corrected chi connectivity index (χ1v) is 7.00. The molecule has 0 bridgehead atoms. The normalized spacial score (nSPS) is 53.0. The fourth-order valence-electron chi connectivity index (χ4n) is 3.02. The summed E-state index contributed by atoms with van der Waals surface area (Å²) in [4.78, 5) is 0. The summed E-state index contributed by atoms with van der Waals surface area (Å²) in [7, 11) is 0. The van der Waals surface area contributed by atoms with Crippen molar-refractivity contribution in [2.75, 3.05) is 19.8 Å². The molecule has 3 fully saturated rings. The van der Waals surface area contributed by atoms with Gasteiger partial charge in [0, 0.05) is 0 Å². The summed E-state index contributed by atoms with van der Waals surface area (Å²) < 4.78 is 21.6. The van der Waals surface area contributed by atoms with E-state index in [0.29, 0.717) is 0 Å². The highest BCUT2D eigenvalue weighted by atomic mass is 35.5. The highest BCUT2D eigenvalue weighted by Crippen LogP contribution is 2.46. The van der Waals surface area contributed by atoms with Crippen LogP contribution < -0.4 is 0 Å². The van der Waals surface area contributed by atoms with Gasteiger partial charge in [-0.15, -0.1) is 12.4 Å². The maximum absolute atomic E-state index is 10.1. The highest BCUT2D eigenvalue weighted by molar-refractivity contribution is 5.85. The molecule has 136 valence electrons. The average Bonchev–Trinajstić information content (AvgIpc) is 2.97. The molecule has 0 aromatic carbocycles. The number of hydrogen-bond acceptors (Lipinski definition) is 10. The second kappa shape index (κ2) is 6.65. The Balaban J connectivity index is 0.00000192. The summed E-state index contributed by atoms with van der Waals surface area (Å²) in [6, 6.07) is 0. The van der Waals surface area contributed by atoms with Crippen molar-refractivity contribution >= 4 is 12.4 Å². The molecule has 10 nitrogen and oxygen atoms in total. The van der Waals surface area contributed by atoms with Gasteiger partial charge in [-0.25, -0.2) is 0 Å². The van der Waals surface area contributed by atoms with Crippen LogP contribution >= 0.6 is 12.4 Å². The number of rotatable bonds is 2. The first-order chi connectivity index (χ1) is 10.4. The Morgan fingerprint density at radius 2 is 1.52 bits per heavy atom. The smallest absolute Gasteiger partial charge is 0.288 e. The van der Waals surface area contributed by atoms with E-state index in [1.54, 1.807) is 0 Å². The SMILES string of the molecule is Cl.OC[C@H]1OC2(CO[C@]3(C[C@@H](O)[C@H](O)[C@@H](CO)O3)O2)[C@@H](O)[C@@H]1O. The molecule has 0 aromatic heterocycles. The summed E-state index contributed by atoms with van der Waals surface area (Å²) in [6.07, 6.45) is -7.94. The molecule has 6 N–H and O–H groups in total. The molecule has 0 saturated carbocycles. The van der Waals surface area contributed by atoms with Gasteiger partial charge in [0.15, 0.2) is 0 Å². The van der Waals surface area contributed by atoms with Crippen LogP contribution in [0.15, 0.2) is 0 Å². The zero-order valence-electron chi connectivity index (χ0n) is 12.0. The molecule has 0 aromatic rings.